The number of benzene rings is 1. The van der Waals surface area contributed by atoms with Gasteiger partial charge in [0.2, 0.25) is 5.78 Å². The van der Waals surface area contributed by atoms with Gasteiger partial charge in [-0.05, 0) is 38.1 Å². The van der Waals surface area contributed by atoms with Gasteiger partial charge in [-0.2, -0.15) is 13.2 Å². The van der Waals surface area contributed by atoms with Gasteiger partial charge in [-0.15, -0.1) is 24.0 Å². The van der Waals surface area contributed by atoms with Crippen LogP contribution in [0.2, 0.25) is 0 Å². The molecule has 1 fully saturated rings. The molecule has 1 aromatic carbocycles. The van der Waals surface area contributed by atoms with Crippen molar-refractivity contribution in [1.82, 2.24) is 14.9 Å². The average molecular weight is 483 g/mol. The molecule has 0 bridgehead atoms. The van der Waals surface area contributed by atoms with Crippen LogP contribution in [0.25, 0.3) is 11.0 Å². The maximum absolute atomic E-state index is 12.9. The van der Waals surface area contributed by atoms with Gasteiger partial charge in [-0.1, -0.05) is 12.1 Å². The van der Waals surface area contributed by atoms with E-state index in [0.717, 1.165) is 31.4 Å². The van der Waals surface area contributed by atoms with Crippen LogP contribution in [0.5, 0.6) is 0 Å². The van der Waals surface area contributed by atoms with E-state index in [-0.39, 0.29) is 48.8 Å². The Kier molecular flexibility index (Phi) is 7.42. The fourth-order valence-electron chi connectivity index (χ4n) is 3.10. The lowest BCUT2D eigenvalue weighted by atomic mass is 9.93. The first-order valence-corrected chi connectivity index (χ1v) is 8.30. The van der Waals surface area contributed by atoms with Crippen LogP contribution in [0.15, 0.2) is 24.3 Å². The van der Waals surface area contributed by atoms with Crippen molar-refractivity contribution >= 4 is 40.8 Å². The summed E-state index contributed by atoms with van der Waals surface area (Å²) in [5.41, 5.74) is 1.39. The number of ether oxygens (including phenoxy) is 1. The molecule has 0 unspecified atom stereocenters. The van der Waals surface area contributed by atoms with Crippen LogP contribution in [0.4, 0.5) is 13.2 Å². The van der Waals surface area contributed by atoms with E-state index in [1.807, 2.05) is 18.2 Å². The van der Waals surface area contributed by atoms with Crippen LogP contribution >= 0.6 is 24.0 Å². The zero-order valence-corrected chi connectivity index (χ0v) is 16.4. The van der Waals surface area contributed by atoms with Gasteiger partial charge < -0.3 is 14.6 Å². The van der Waals surface area contributed by atoms with Crippen LogP contribution in [0.3, 0.4) is 0 Å². The normalized spacial score (nSPS) is 15.8. The van der Waals surface area contributed by atoms with E-state index < -0.39 is 12.8 Å². The number of para-hydroxylation sites is 2. The monoisotopic (exact) mass is 483 g/mol. The lowest BCUT2D eigenvalue weighted by molar-refractivity contribution is -0.174. The zero-order chi connectivity index (χ0) is 17.9. The minimum Gasteiger partial charge on any atom is -0.370 e. The summed E-state index contributed by atoms with van der Waals surface area (Å²) in [5, 5.41) is 3.21. The minimum absolute atomic E-state index is 0. The number of carbonyl (C=O) groups excluding carboxylic acids is 1. The lowest BCUT2D eigenvalue weighted by Gasteiger charge is -2.21. The number of piperidine rings is 1. The lowest BCUT2D eigenvalue weighted by Crippen LogP contribution is -2.33. The fraction of sp³-hybridized carbons (Fsp3) is 0.529. The summed E-state index contributed by atoms with van der Waals surface area (Å²) in [6.07, 6.45) is -2.87. The summed E-state index contributed by atoms with van der Waals surface area (Å²) in [6.45, 7) is 0.295. The van der Waals surface area contributed by atoms with Gasteiger partial charge in [-0.25, -0.2) is 4.98 Å². The van der Waals surface area contributed by atoms with E-state index in [0.29, 0.717) is 11.3 Å². The van der Waals surface area contributed by atoms with Gasteiger partial charge in [0.25, 0.3) is 0 Å². The molecule has 144 valence electrons. The highest BCUT2D eigenvalue weighted by atomic mass is 127. The van der Waals surface area contributed by atoms with E-state index in [4.69, 9.17) is 4.74 Å². The Labute approximate surface area is 166 Å². The largest absolute Gasteiger partial charge is 0.411 e. The average Bonchev–Trinajstić information content (AvgIpc) is 2.97. The number of ketones is 1. The minimum atomic E-state index is -4.36. The molecule has 1 N–H and O–H groups in total. The Morgan fingerprint density at radius 2 is 1.96 bits per heavy atom. The van der Waals surface area contributed by atoms with Crippen molar-refractivity contribution < 1.29 is 22.7 Å². The maximum atomic E-state index is 12.9. The Morgan fingerprint density at radius 3 is 2.65 bits per heavy atom. The molecule has 0 radical (unpaired) electrons. The molecule has 2 heterocycles. The second-order valence-corrected chi connectivity index (χ2v) is 6.13. The van der Waals surface area contributed by atoms with Gasteiger partial charge in [0, 0.05) is 12.5 Å². The third kappa shape index (κ3) is 5.17. The van der Waals surface area contributed by atoms with E-state index in [9.17, 15) is 18.0 Å². The van der Waals surface area contributed by atoms with Crippen molar-refractivity contribution in [2.75, 3.05) is 26.3 Å². The number of aromatic nitrogens is 2. The molecule has 0 aliphatic carbocycles. The molecule has 0 amide bonds. The summed E-state index contributed by atoms with van der Waals surface area (Å²) in [4.78, 5) is 17.3. The summed E-state index contributed by atoms with van der Waals surface area (Å²) >= 11 is 0. The van der Waals surface area contributed by atoms with E-state index in [1.165, 1.54) is 0 Å². The highest BCUT2D eigenvalue weighted by Gasteiger charge is 2.29. The number of hydrogen-bond donors (Lipinski definition) is 1. The SMILES string of the molecule is I.O=C(c1nc2ccccc2n1CCOCC(F)(F)F)C1CCNCC1. The summed E-state index contributed by atoms with van der Waals surface area (Å²) in [5.74, 6) is 0.158. The van der Waals surface area contributed by atoms with Crippen molar-refractivity contribution in [1.29, 1.82) is 0 Å². The number of halogens is 4. The zero-order valence-electron chi connectivity index (χ0n) is 14.1. The first-order chi connectivity index (χ1) is 12.0. The molecule has 0 saturated carbocycles. The van der Waals surface area contributed by atoms with E-state index in [1.54, 1.807) is 10.6 Å². The van der Waals surface area contributed by atoms with E-state index >= 15 is 0 Å². The van der Waals surface area contributed by atoms with E-state index in [2.05, 4.69) is 10.3 Å². The number of rotatable bonds is 6. The van der Waals surface area contributed by atoms with Crippen LogP contribution in [-0.2, 0) is 11.3 Å². The molecule has 3 rings (SSSR count). The van der Waals surface area contributed by atoms with Gasteiger partial charge in [0.15, 0.2) is 5.82 Å². The molecule has 26 heavy (non-hydrogen) atoms. The molecular formula is C17H21F3IN3O2. The molecule has 2 aromatic rings. The molecule has 0 spiro atoms. The molecule has 1 aliphatic heterocycles. The fourth-order valence-corrected chi connectivity index (χ4v) is 3.10. The smallest absolute Gasteiger partial charge is 0.370 e. The number of fused-ring (bicyclic) bond motifs is 1. The van der Waals surface area contributed by atoms with Crippen molar-refractivity contribution in [3.63, 3.8) is 0 Å². The van der Waals surface area contributed by atoms with Gasteiger partial charge in [-0.3, -0.25) is 4.79 Å². The maximum Gasteiger partial charge on any atom is 0.411 e. The number of nitrogens with zero attached hydrogens (tertiary/aromatic N) is 2. The van der Waals surface area contributed by atoms with Crippen LogP contribution in [-0.4, -0.2) is 47.8 Å². The number of imidazole rings is 1. The van der Waals surface area contributed by atoms with Crippen LogP contribution in [0.1, 0.15) is 23.5 Å². The third-order valence-electron chi connectivity index (χ3n) is 4.31. The molecule has 1 saturated heterocycles. The van der Waals surface area contributed by atoms with Crippen LogP contribution < -0.4 is 5.32 Å². The molecule has 5 nitrogen and oxygen atoms in total. The Bertz CT molecular complexity index is 742. The summed E-state index contributed by atoms with van der Waals surface area (Å²) in [6, 6.07) is 7.24. The Balaban J connectivity index is 0.00000243. The summed E-state index contributed by atoms with van der Waals surface area (Å²) in [7, 11) is 0. The van der Waals surface area contributed by atoms with Crippen molar-refractivity contribution in [3.8, 4) is 0 Å². The first kappa shape index (κ1) is 21.1. The molecule has 0 atom stereocenters. The molecule has 9 heteroatoms. The molecular weight excluding hydrogens is 462 g/mol. The molecule has 1 aliphatic rings. The number of alkyl halides is 3. The highest BCUT2D eigenvalue weighted by molar-refractivity contribution is 14.0. The third-order valence-corrected chi connectivity index (χ3v) is 4.31. The predicted molar refractivity (Wildman–Crippen MR) is 102 cm³/mol. The quantitative estimate of drug-likeness (QED) is 0.389. The predicted octanol–water partition coefficient (Wildman–Crippen LogP) is 3.42. The number of nitrogens with one attached hydrogen (secondary N) is 1. The van der Waals surface area contributed by atoms with Crippen molar-refractivity contribution in [3.05, 3.63) is 30.1 Å². The standard InChI is InChI=1S/C17H20F3N3O2.HI/c18-17(19,20)11-25-10-9-23-14-4-2-1-3-13(14)22-16(23)15(24)12-5-7-21-8-6-12;/h1-4,12,21H,5-11H2;1H. The number of hydrogen-bond acceptors (Lipinski definition) is 4. The Hall–Kier alpha value is -1.20. The van der Waals surface area contributed by atoms with Crippen LogP contribution in [0, 0.1) is 5.92 Å². The second-order valence-electron chi connectivity index (χ2n) is 6.13. The molecule has 1 aromatic heterocycles. The van der Waals surface area contributed by atoms with Crippen molar-refractivity contribution in [2.24, 2.45) is 5.92 Å². The second kappa shape index (κ2) is 9.14. The van der Waals surface area contributed by atoms with Gasteiger partial charge in [0.05, 0.1) is 17.6 Å². The number of Topliss-reactive ketones (excluding diaryl/α,β-unsaturated/α-hetero) is 1. The summed E-state index contributed by atoms with van der Waals surface area (Å²) < 4.78 is 43.0. The van der Waals surface area contributed by atoms with Gasteiger partial charge >= 0.3 is 6.18 Å². The van der Waals surface area contributed by atoms with Crippen molar-refractivity contribution in [2.45, 2.75) is 25.6 Å². The highest BCUT2D eigenvalue weighted by Crippen LogP contribution is 2.22. The first-order valence-electron chi connectivity index (χ1n) is 8.30. The number of carbonyl (C=O) groups is 1. The topological polar surface area (TPSA) is 56.2 Å². The Morgan fingerprint density at radius 1 is 1.27 bits per heavy atom. The van der Waals surface area contributed by atoms with Gasteiger partial charge in [0.1, 0.15) is 6.61 Å².